The largest absolute Gasteiger partial charge is 0.482 e. The van der Waals surface area contributed by atoms with Gasteiger partial charge in [0.05, 0.1) is 5.56 Å². The molecule has 2 rings (SSSR count). The molecule has 2 aromatic carbocycles. The van der Waals surface area contributed by atoms with E-state index >= 15 is 0 Å². The molecule has 0 saturated carbocycles. The number of carbonyl (C=O) groups excluding carboxylic acids is 1. The van der Waals surface area contributed by atoms with E-state index in [9.17, 15) is 9.59 Å². The number of carboxylic acid groups (broad SMARTS) is 1. The molecule has 0 bridgehead atoms. The Hall–Kier alpha value is -2.82. The summed E-state index contributed by atoms with van der Waals surface area (Å²) in [6.45, 7) is 5.80. The fourth-order valence-electron chi connectivity index (χ4n) is 2.23. The molecule has 0 saturated heterocycles. The molecule has 0 aliphatic rings. The van der Waals surface area contributed by atoms with Gasteiger partial charge in [0.1, 0.15) is 11.5 Å². The molecular weight excluding hydrogens is 308 g/mol. The first kappa shape index (κ1) is 17.5. The Morgan fingerprint density at radius 1 is 1.12 bits per heavy atom. The molecule has 0 fully saturated rings. The highest BCUT2D eigenvalue weighted by molar-refractivity contribution is 5.88. The minimum Gasteiger partial charge on any atom is -0.482 e. The Morgan fingerprint density at radius 2 is 1.88 bits per heavy atom. The van der Waals surface area contributed by atoms with E-state index < -0.39 is 11.9 Å². The van der Waals surface area contributed by atoms with E-state index in [0.29, 0.717) is 5.75 Å². The summed E-state index contributed by atoms with van der Waals surface area (Å²) in [7, 11) is 0. The van der Waals surface area contributed by atoms with Crippen molar-refractivity contribution in [3.8, 4) is 11.5 Å². The average molecular weight is 328 g/mol. The number of aromatic carboxylic acids is 1. The van der Waals surface area contributed by atoms with Gasteiger partial charge in [-0.15, -0.1) is 0 Å². The summed E-state index contributed by atoms with van der Waals surface area (Å²) < 4.78 is 10.7. The smallest absolute Gasteiger partial charge is 0.349 e. The van der Waals surface area contributed by atoms with Crippen molar-refractivity contribution in [2.75, 3.05) is 6.61 Å². The lowest BCUT2D eigenvalue weighted by Crippen LogP contribution is -2.18. The molecule has 0 atom stereocenters. The maximum atomic E-state index is 11.9. The summed E-state index contributed by atoms with van der Waals surface area (Å²) in [6, 6.07) is 11.6. The molecule has 0 spiro atoms. The molecule has 5 heteroatoms. The second-order valence-electron chi connectivity index (χ2n) is 5.79. The second-order valence-corrected chi connectivity index (χ2v) is 5.79. The monoisotopic (exact) mass is 328 g/mol. The van der Waals surface area contributed by atoms with Gasteiger partial charge in [-0.3, -0.25) is 0 Å². The van der Waals surface area contributed by atoms with Crippen molar-refractivity contribution in [2.45, 2.75) is 26.7 Å². The maximum absolute atomic E-state index is 11.9. The van der Waals surface area contributed by atoms with Crippen LogP contribution in [0.1, 0.15) is 41.3 Å². The summed E-state index contributed by atoms with van der Waals surface area (Å²) in [5.41, 5.74) is 2.11. The van der Waals surface area contributed by atoms with E-state index in [-0.39, 0.29) is 23.8 Å². The average Bonchev–Trinajstić information content (AvgIpc) is 2.53. The summed E-state index contributed by atoms with van der Waals surface area (Å²) in [5, 5.41) is 8.94. The predicted molar refractivity (Wildman–Crippen MR) is 89.8 cm³/mol. The van der Waals surface area contributed by atoms with Crippen LogP contribution in [0, 0.1) is 6.92 Å². The summed E-state index contributed by atoms with van der Waals surface area (Å²) >= 11 is 0. The SMILES string of the molecule is Cc1ccc(C(C)C)c(OCC(=O)Oc2cccc(C(=O)O)c2)c1. The van der Waals surface area contributed by atoms with Crippen LogP contribution in [0.2, 0.25) is 0 Å². The standard InChI is InChI=1S/C19H20O5/c1-12(2)16-8-7-13(3)9-17(16)23-11-18(20)24-15-6-4-5-14(10-15)19(21)22/h4-10,12H,11H2,1-3H3,(H,21,22). The van der Waals surface area contributed by atoms with Crippen molar-refractivity contribution >= 4 is 11.9 Å². The maximum Gasteiger partial charge on any atom is 0.349 e. The van der Waals surface area contributed by atoms with Crippen molar-refractivity contribution in [2.24, 2.45) is 0 Å². The number of benzene rings is 2. The van der Waals surface area contributed by atoms with Gasteiger partial charge in [-0.1, -0.05) is 32.0 Å². The summed E-state index contributed by atoms with van der Waals surface area (Å²) in [6.07, 6.45) is 0. The number of hydrogen-bond acceptors (Lipinski definition) is 4. The van der Waals surface area contributed by atoms with Crippen LogP contribution >= 0.6 is 0 Å². The third-order valence-electron chi connectivity index (χ3n) is 3.45. The van der Waals surface area contributed by atoms with Crippen LogP contribution in [-0.4, -0.2) is 23.7 Å². The second kappa shape index (κ2) is 7.64. The first-order valence-electron chi connectivity index (χ1n) is 7.64. The van der Waals surface area contributed by atoms with Crippen LogP contribution in [0.25, 0.3) is 0 Å². The third-order valence-corrected chi connectivity index (χ3v) is 3.45. The van der Waals surface area contributed by atoms with Gasteiger partial charge in [0.2, 0.25) is 0 Å². The van der Waals surface area contributed by atoms with Gasteiger partial charge >= 0.3 is 11.9 Å². The van der Waals surface area contributed by atoms with Crippen molar-refractivity contribution in [3.63, 3.8) is 0 Å². The van der Waals surface area contributed by atoms with Crippen LogP contribution in [0.3, 0.4) is 0 Å². The molecule has 1 N–H and O–H groups in total. The fraction of sp³-hybridized carbons (Fsp3) is 0.263. The van der Waals surface area contributed by atoms with Crippen LogP contribution in [-0.2, 0) is 4.79 Å². The normalized spacial score (nSPS) is 10.5. The molecule has 0 unspecified atom stereocenters. The minimum absolute atomic E-state index is 0.0574. The Bertz CT molecular complexity index is 749. The minimum atomic E-state index is -1.08. The number of hydrogen-bond donors (Lipinski definition) is 1. The lowest BCUT2D eigenvalue weighted by Gasteiger charge is -2.14. The Kier molecular flexibility index (Phi) is 5.58. The van der Waals surface area contributed by atoms with Gasteiger partial charge in [0.15, 0.2) is 6.61 Å². The van der Waals surface area contributed by atoms with E-state index in [1.807, 2.05) is 39.0 Å². The Balaban J connectivity index is 2.02. The van der Waals surface area contributed by atoms with Crippen LogP contribution in [0.5, 0.6) is 11.5 Å². The summed E-state index contributed by atoms with van der Waals surface area (Å²) in [4.78, 5) is 22.9. The number of aryl methyl sites for hydroxylation is 1. The number of ether oxygens (including phenoxy) is 2. The van der Waals surface area contributed by atoms with E-state index in [2.05, 4.69) is 0 Å². The first-order valence-corrected chi connectivity index (χ1v) is 7.64. The zero-order valence-electron chi connectivity index (χ0n) is 13.9. The fourth-order valence-corrected chi connectivity index (χ4v) is 2.23. The van der Waals surface area contributed by atoms with Crippen molar-refractivity contribution in [1.29, 1.82) is 0 Å². The lowest BCUT2D eigenvalue weighted by molar-refractivity contribution is -0.136. The number of carboxylic acids is 1. The highest BCUT2D eigenvalue weighted by Crippen LogP contribution is 2.27. The van der Waals surface area contributed by atoms with E-state index in [1.165, 1.54) is 24.3 Å². The van der Waals surface area contributed by atoms with Crippen molar-refractivity contribution < 1.29 is 24.2 Å². The van der Waals surface area contributed by atoms with Gasteiger partial charge in [-0.2, -0.15) is 0 Å². The van der Waals surface area contributed by atoms with E-state index in [0.717, 1.165) is 11.1 Å². The van der Waals surface area contributed by atoms with Gasteiger partial charge in [-0.25, -0.2) is 9.59 Å². The molecule has 0 aliphatic heterocycles. The quantitative estimate of drug-likeness (QED) is 0.645. The molecular formula is C19H20O5. The number of rotatable bonds is 6. The van der Waals surface area contributed by atoms with Gasteiger partial charge < -0.3 is 14.6 Å². The van der Waals surface area contributed by atoms with Crippen LogP contribution in [0.4, 0.5) is 0 Å². The molecule has 0 radical (unpaired) electrons. The number of esters is 1. The highest BCUT2D eigenvalue weighted by atomic mass is 16.6. The van der Waals surface area contributed by atoms with E-state index in [4.69, 9.17) is 14.6 Å². The van der Waals surface area contributed by atoms with E-state index in [1.54, 1.807) is 0 Å². The predicted octanol–water partition coefficient (Wildman–Crippen LogP) is 3.80. The van der Waals surface area contributed by atoms with Crippen LogP contribution in [0.15, 0.2) is 42.5 Å². The van der Waals surface area contributed by atoms with Gasteiger partial charge in [0.25, 0.3) is 0 Å². The zero-order chi connectivity index (χ0) is 17.7. The molecule has 24 heavy (non-hydrogen) atoms. The zero-order valence-corrected chi connectivity index (χ0v) is 13.9. The summed E-state index contributed by atoms with van der Waals surface area (Å²) in [5.74, 6) is -0.568. The van der Waals surface area contributed by atoms with Crippen LogP contribution < -0.4 is 9.47 Å². The molecule has 0 heterocycles. The third kappa shape index (κ3) is 4.59. The number of carbonyl (C=O) groups is 2. The topological polar surface area (TPSA) is 72.8 Å². The molecule has 0 amide bonds. The molecule has 126 valence electrons. The van der Waals surface area contributed by atoms with Crippen molar-refractivity contribution in [3.05, 3.63) is 59.2 Å². The van der Waals surface area contributed by atoms with Gasteiger partial charge in [-0.05, 0) is 48.2 Å². The molecule has 0 aliphatic carbocycles. The van der Waals surface area contributed by atoms with Gasteiger partial charge in [0, 0.05) is 0 Å². The lowest BCUT2D eigenvalue weighted by atomic mass is 10.0. The molecule has 2 aromatic rings. The molecule has 0 aromatic heterocycles. The first-order chi connectivity index (χ1) is 11.4. The Labute approximate surface area is 140 Å². The highest BCUT2D eigenvalue weighted by Gasteiger charge is 2.12. The Morgan fingerprint density at radius 3 is 2.54 bits per heavy atom. The molecule has 5 nitrogen and oxygen atoms in total. The van der Waals surface area contributed by atoms with Crippen molar-refractivity contribution in [1.82, 2.24) is 0 Å².